The number of ether oxygens (including phenoxy) is 3. The predicted octanol–water partition coefficient (Wildman–Crippen LogP) is 4.24. The van der Waals surface area contributed by atoms with Gasteiger partial charge in [0.2, 0.25) is 5.91 Å². The maximum Gasteiger partial charge on any atom is 0.423 e. The molecule has 0 atom stereocenters. The number of nitrogens with zero attached hydrogens (tertiary/aromatic N) is 7. The summed E-state index contributed by atoms with van der Waals surface area (Å²) in [5, 5.41) is 13.0. The Kier molecular flexibility index (Phi) is 11.9. The number of hydrogen-bond acceptors (Lipinski definition) is 10. The highest BCUT2D eigenvalue weighted by Gasteiger charge is 2.40. The van der Waals surface area contributed by atoms with E-state index in [-0.39, 0.29) is 57.8 Å². The Morgan fingerprint density at radius 3 is 2.40 bits per heavy atom. The van der Waals surface area contributed by atoms with Gasteiger partial charge >= 0.3 is 6.18 Å². The molecule has 12 nitrogen and oxygen atoms in total. The molecular weight excluding hydrogens is 671 g/mol. The van der Waals surface area contributed by atoms with Crippen molar-refractivity contribution < 1.29 is 32.2 Å². The number of aromatic nitrogens is 3. The van der Waals surface area contributed by atoms with E-state index in [1.807, 2.05) is 24.3 Å². The van der Waals surface area contributed by atoms with Gasteiger partial charge in [0.1, 0.15) is 30.8 Å². The maximum atomic E-state index is 14.2. The van der Waals surface area contributed by atoms with Crippen molar-refractivity contribution in [2.75, 3.05) is 62.4 Å². The average Bonchev–Trinajstić information content (AvgIpc) is 3.53. The first kappa shape index (κ1) is 37.0. The summed E-state index contributed by atoms with van der Waals surface area (Å²) in [6.45, 7) is 9.69. The molecule has 1 fully saturated rings. The highest BCUT2D eigenvalue weighted by Crippen LogP contribution is 2.38. The number of hydrogen-bond donors (Lipinski definition) is 0. The number of rotatable bonds is 14. The number of pyridine rings is 1. The van der Waals surface area contributed by atoms with Gasteiger partial charge in [-0.3, -0.25) is 9.59 Å². The molecule has 2 aliphatic heterocycles. The monoisotopic (exact) mass is 713 g/mol. The lowest BCUT2D eigenvalue weighted by Gasteiger charge is -2.35. The van der Waals surface area contributed by atoms with Crippen LogP contribution in [0, 0.1) is 11.3 Å². The molecule has 50 heavy (non-hydrogen) atoms. The van der Waals surface area contributed by atoms with Gasteiger partial charge in [-0.15, -0.1) is 0 Å². The van der Waals surface area contributed by atoms with Gasteiger partial charge in [0.15, 0.2) is 0 Å². The van der Waals surface area contributed by atoms with E-state index in [2.05, 4.69) is 34.6 Å². The van der Waals surface area contributed by atoms with Gasteiger partial charge in [-0.1, -0.05) is 37.8 Å². The van der Waals surface area contributed by atoms with Crippen LogP contribution in [0.2, 0.25) is 25.7 Å². The van der Waals surface area contributed by atoms with Gasteiger partial charge < -0.3 is 28.9 Å². The number of anilines is 2. The summed E-state index contributed by atoms with van der Waals surface area (Å²) in [5.41, 5.74) is 0.235. The lowest BCUT2D eigenvalue weighted by molar-refractivity contribution is -0.139. The number of halogens is 3. The number of nitriles is 1. The van der Waals surface area contributed by atoms with Crippen molar-refractivity contribution in [2.24, 2.45) is 0 Å². The second kappa shape index (κ2) is 16.1. The molecule has 5 rings (SSSR count). The van der Waals surface area contributed by atoms with Gasteiger partial charge in [-0.25, -0.2) is 9.67 Å². The third-order valence-electron chi connectivity index (χ3n) is 8.63. The number of carbonyl (C=O) groups is 1. The minimum absolute atomic E-state index is 0.0763. The molecule has 268 valence electrons. The lowest BCUT2D eigenvalue weighted by Crippen LogP contribution is -2.50. The summed E-state index contributed by atoms with van der Waals surface area (Å²) in [5.74, 6) is 0.649. The normalized spacial score (nSPS) is 14.9. The van der Waals surface area contributed by atoms with Crippen LogP contribution in [-0.4, -0.2) is 86.3 Å². The lowest BCUT2D eigenvalue weighted by atomic mass is 10.0. The molecule has 1 amide bonds. The molecular formula is C34H42F3N7O5Si. The summed E-state index contributed by atoms with van der Waals surface area (Å²) in [6, 6.07) is 11.9. The van der Waals surface area contributed by atoms with Crippen molar-refractivity contribution in [1.82, 2.24) is 19.7 Å². The number of fused-ring (bicyclic) bond motifs is 1. The Morgan fingerprint density at radius 1 is 0.960 bits per heavy atom. The van der Waals surface area contributed by atoms with Crippen molar-refractivity contribution in [3.63, 3.8) is 0 Å². The number of carbonyl (C=O) groups excluding carboxylic acids is 1. The number of alkyl halides is 3. The van der Waals surface area contributed by atoms with E-state index in [0.29, 0.717) is 38.3 Å². The van der Waals surface area contributed by atoms with E-state index >= 15 is 0 Å². The van der Waals surface area contributed by atoms with Crippen LogP contribution < -0.4 is 15.4 Å². The third-order valence-corrected chi connectivity index (χ3v) is 10.3. The second-order valence-electron chi connectivity index (χ2n) is 13.5. The molecule has 2 aromatic heterocycles. The fraction of sp³-hybridized carbons (Fsp3) is 0.500. The molecule has 1 saturated heterocycles. The molecule has 0 aliphatic carbocycles. The Bertz CT molecular complexity index is 1730. The first-order valence-electron chi connectivity index (χ1n) is 16.5. The van der Waals surface area contributed by atoms with Gasteiger partial charge in [-0.2, -0.15) is 23.5 Å². The van der Waals surface area contributed by atoms with E-state index < -0.39 is 25.4 Å². The molecule has 16 heteroatoms. The Hall–Kier alpha value is -4.30. The highest BCUT2D eigenvalue weighted by atomic mass is 28.3. The largest absolute Gasteiger partial charge is 0.423 e. The summed E-state index contributed by atoms with van der Waals surface area (Å²) in [6.07, 6.45) is -2.25. The Balaban J connectivity index is 1.08. The Labute approximate surface area is 290 Å². The zero-order chi connectivity index (χ0) is 35.9. The molecule has 0 saturated carbocycles. The number of benzene rings is 1. The van der Waals surface area contributed by atoms with Crippen LogP contribution in [0.25, 0.3) is 0 Å². The third kappa shape index (κ3) is 9.47. The Morgan fingerprint density at radius 2 is 1.72 bits per heavy atom. The smallest absolute Gasteiger partial charge is 0.374 e. The van der Waals surface area contributed by atoms with Crippen molar-refractivity contribution in [3.8, 4) is 6.07 Å². The molecule has 0 spiro atoms. The predicted molar refractivity (Wildman–Crippen MR) is 182 cm³/mol. The topological polar surface area (TPSA) is 126 Å². The van der Waals surface area contributed by atoms with Gasteiger partial charge in [-0.05, 0) is 34.9 Å². The first-order chi connectivity index (χ1) is 23.8. The second-order valence-corrected chi connectivity index (χ2v) is 19.1. The molecule has 1 aromatic carbocycles. The SMILES string of the molecule is C[Si](C)(C)CCOCn1ncc(N2Cc3cccc(COCCOCC(=O)N4CCN(c5ccc(C#N)cn5)CC4)c3C2)c(C(F)(F)F)c1=O. The molecule has 3 aromatic rings. The molecule has 0 N–H and O–H groups in total. The zero-order valence-electron chi connectivity index (χ0n) is 28.5. The van der Waals surface area contributed by atoms with E-state index in [1.54, 1.807) is 17.0 Å². The van der Waals surface area contributed by atoms with Crippen molar-refractivity contribution in [1.29, 1.82) is 5.26 Å². The molecule has 2 aliphatic rings. The fourth-order valence-corrected chi connectivity index (χ4v) is 6.54. The van der Waals surface area contributed by atoms with E-state index in [0.717, 1.165) is 39.4 Å². The first-order valence-corrected chi connectivity index (χ1v) is 20.2. The fourth-order valence-electron chi connectivity index (χ4n) is 5.78. The van der Waals surface area contributed by atoms with Crippen LogP contribution in [0.15, 0.2) is 47.5 Å². The van der Waals surface area contributed by atoms with Crippen LogP contribution >= 0.6 is 0 Å². The molecule has 4 heterocycles. The zero-order valence-corrected chi connectivity index (χ0v) is 29.5. The van der Waals surface area contributed by atoms with Gasteiger partial charge in [0.25, 0.3) is 5.56 Å². The summed E-state index contributed by atoms with van der Waals surface area (Å²) < 4.78 is 60.4. The summed E-state index contributed by atoms with van der Waals surface area (Å²) in [4.78, 5) is 35.3. The van der Waals surface area contributed by atoms with Crippen LogP contribution in [0.5, 0.6) is 0 Å². The standard InChI is InChI=1S/C34H42F3N7O5Si/c1-50(2,3)16-15-49-24-44-33(46)32(34(35,36)37)29(19-40-44)43-20-26-5-4-6-27(28(26)21-43)22-47-13-14-48-23-31(45)42-11-9-41(10-12-42)30-8-7-25(17-38)18-39-30/h4-8,18-19H,9-16,20-24H2,1-3H3. The number of piperazine rings is 1. The van der Waals surface area contributed by atoms with E-state index in [9.17, 15) is 22.8 Å². The van der Waals surface area contributed by atoms with Crippen LogP contribution in [0.4, 0.5) is 24.7 Å². The quantitative estimate of drug-likeness (QED) is 0.177. The van der Waals surface area contributed by atoms with Crippen molar-refractivity contribution >= 4 is 25.5 Å². The molecule has 0 bridgehead atoms. The molecule has 0 radical (unpaired) electrons. The minimum Gasteiger partial charge on any atom is -0.374 e. The van der Waals surface area contributed by atoms with Gasteiger partial charge in [0.05, 0.1) is 37.3 Å². The van der Waals surface area contributed by atoms with Crippen LogP contribution in [0.1, 0.15) is 27.8 Å². The highest BCUT2D eigenvalue weighted by molar-refractivity contribution is 6.76. The van der Waals surface area contributed by atoms with Crippen LogP contribution in [0.3, 0.4) is 0 Å². The van der Waals surface area contributed by atoms with Gasteiger partial charge in [0, 0.05) is 60.1 Å². The summed E-state index contributed by atoms with van der Waals surface area (Å²) >= 11 is 0. The summed E-state index contributed by atoms with van der Waals surface area (Å²) in [7, 11) is -1.41. The molecule has 0 unspecified atom stereocenters. The van der Waals surface area contributed by atoms with Crippen molar-refractivity contribution in [2.45, 2.75) is 58.3 Å². The minimum atomic E-state index is -4.88. The van der Waals surface area contributed by atoms with E-state index in [4.69, 9.17) is 19.5 Å². The van der Waals surface area contributed by atoms with Crippen molar-refractivity contribution in [3.05, 3.63) is 80.9 Å². The van der Waals surface area contributed by atoms with Crippen LogP contribution in [-0.2, 0) is 51.6 Å². The maximum absolute atomic E-state index is 14.2. The number of amides is 1. The van der Waals surface area contributed by atoms with E-state index in [1.165, 1.54) is 11.1 Å². The average molecular weight is 714 g/mol.